The zero-order valence-electron chi connectivity index (χ0n) is 39.0. The third-order valence-corrected chi connectivity index (χ3v) is 13.2. The topological polar surface area (TPSA) is 26.2 Å². The second kappa shape index (κ2) is 23.3. The van der Waals surface area contributed by atoms with Crippen molar-refractivity contribution in [3.05, 3.63) is 291 Å². The Bertz CT molecular complexity index is 2470. The van der Waals surface area contributed by atoms with Crippen molar-refractivity contribution in [2.45, 2.75) is 13.1 Å². The van der Waals surface area contributed by atoms with E-state index >= 15 is 0 Å². The lowest BCUT2D eigenvalue weighted by Crippen LogP contribution is -2.74. The van der Waals surface area contributed by atoms with Crippen LogP contribution in [0, 0.1) is 0 Å². The van der Waals surface area contributed by atoms with E-state index in [9.17, 15) is 0 Å². The van der Waals surface area contributed by atoms with E-state index in [2.05, 4.69) is 252 Å². The zero-order chi connectivity index (χ0) is 46.7. The number of benzene rings is 8. The van der Waals surface area contributed by atoms with Gasteiger partial charge in [-0.25, -0.2) is 0 Å². The van der Waals surface area contributed by atoms with E-state index in [-0.39, 0.29) is 0 Å². The fourth-order valence-electron chi connectivity index (χ4n) is 10.1. The second-order valence-corrected chi connectivity index (χ2v) is 16.9. The normalized spacial score (nSPS) is 10.9. The van der Waals surface area contributed by atoms with Gasteiger partial charge in [0.05, 0.1) is 26.4 Å². The minimum atomic E-state index is -1.22. The Morgan fingerprint density at radius 2 is 0.426 bits per heavy atom. The molecule has 0 bridgehead atoms. The average molecular weight is 885 g/mol. The SMILES string of the molecule is COc1cccc[n+]1CC[n+]1ccccc1OC.c1ccc([B-](c2ccccc2)(c2ccccc2)c2ccccc2)cc1.c1ccc([B-](c2ccccc2)(c2ccccc2)c2ccccc2)cc1. The van der Waals surface area contributed by atoms with Crippen molar-refractivity contribution in [3.8, 4) is 11.8 Å². The molecule has 0 atom stereocenters. The van der Waals surface area contributed by atoms with Gasteiger partial charge in [0.15, 0.2) is 12.4 Å². The Morgan fingerprint density at radius 1 is 0.250 bits per heavy atom. The van der Waals surface area contributed by atoms with Crippen LogP contribution in [0.2, 0.25) is 0 Å². The first-order valence-electron chi connectivity index (χ1n) is 23.5. The first-order valence-corrected chi connectivity index (χ1v) is 23.5. The van der Waals surface area contributed by atoms with Gasteiger partial charge >= 0.3 is 11.8 Å². The van der Waals surface area contributed by atoms with Crippen LogP contribution in [-0.2, 0) is 13.1 Å². The molecule has 0 aliphatic heterocycles. The van der Waals surface area contributed by atoms with Crippen molar-refractivity contribution >= 4 is 56.0 Å². The third kappa shape index (κ3) is 10.3. The molecule has 8 aromatic carbocycles. The van der Waals surface area contributed by atoms with Crippen LogP contribution in [0.3, 0.4) is 0 Å². The number of rotatable bonds is 13. The van der Waals surface area contributed by atoms with Gasteiger partial charge in [0.1, 0.15) is 12.3 Å². The number of aryl methyl sites for hydroxylation is 2. The van der Waals surface area contributed by atoms with Crippen LogP contribution >= 0.6 is 0 Å². The van der Waals surface area contributed by atoms with Crippen LogP contribution in [0.15, 0.2) is 291 Å². The van der Waals surface area contributed by atoms with Gasteiger partial charge in [-0.2, -0.15) is 52.8 Å². The molecule has 0 aliphatic carbocycles. The summed E-state index contributed by atoms with van der Waals surface area (Å²) in [5.41, 5.74) is 10.7. The van der Waals surface area contributed by atoms with Gasteiger partial charge < -0.3 is 9.47 Å². The molecule has 0 N–H and O–H groups in total. The first kappa shape index (κ1) is 46.3. The molecule has 6 heteroatoms. The van der Waals surface area contributed by atoms with Gasteiger partial charge in [-0.05, 0) is 12.1 Å². The monoisotopic (exact) mass is 884 g/mol. The Hall–Kier alpha value is -8.21. The molecule has 0 radical (unpaired) electrons. The summed E-state index contributed by atoms with van der Waals surface area (Å²) in [5.74, 6) is 1.71. The average Bonchev–Trinajstić information content (AvgIpc) is 3.44. The Kier molecular flexibility index (Phi) is 15.9. The summed E-state index contributed by atoms with van der Waals surface area (Å²) in [4.78, 5) is 0. The summed E-state index contributed by atoms with van der Waals surface area (Å²) in [6.07, 6.45) is 1.59. The number of aromatic nitrogens is 2. The van der Waals surface area contributed by atoms with Crippen LogP contribution in [0.1, 0.15) is 0 Å². The number of ether oxygens (including phenoxy) is 2. The smallest absolute Gasteiger partial charge is 0.367 e. The van der Waals surface area contributed by atoms with E-state index in [1.54, 1.807) is 14.2 Å². The summed E-state index contributed by atoms with van der Waals surface area (Å²) < 4.78 is 14.8. The number of pyridine rings is 2. The Balaban J connectivity index is 0.000000140. The van der Waals surface area contributed by atoms with Crippen molar-refractivity contribution in [1.29, 1.82) is 0 Å². The van der Waals surface area contributed by atoms with Crippen molar-refractivity contribution in [3.63, 3.8) is 0 Å². The predicted molar refractivity (Wildman–Crippen MR) is 286 cm³/mol. The lowest BCUT2D eigenvalue weighted by atomic mass is 9.13. The van der Waals surface area contributed by atoms with Crippen LogP contribution < -0.4 is 62.3 Å². The first-order chi connectivity index (χ1) is 33.7. The molecular weight excluding hydrogens is 826 g/mol. The van der Waals surface area contributed by atoms with Crippen LogP contribution in [0.4, 0.5) is 0 Å². The summed E-state index contributed by atoms with van der Waals surface area (Å²) in [7, 11) is 3.37. The molecule has 10 aromatic rings. The van der Waals surface area contributed by atoms with E-state index in [1.807, 2.05) is 48.8 Å². The number of nitrogens with zero attached hydrogens (tertiary/aromatic N) is 2. The summed E-state index contributed by atoms with van der Waals surface area (Å²) in [6, 6.07) is 98.9. The summed E-state index contributed by atoms with van der Waals surface area (Å²) in [6.45, 7) is 1.66. The van der Waals surface area contributed by atoms with Crippen molar-refractivity contribution in [2.24, 2.45) is 0 Å². The van der Waals surface area contributed by atoms with E-state index < -0.39 is 12.3 Å². The highest BCUT2D eigenvalue weighted by molar-refractivity contribution is 7.20. The maximum absolute atomic E-state index is 5.31. The zero-order valence-corrected chi connectivity index (χ0v) is 39.0. The molecule has 68 heavy (non-hydrogen) atoms. The fraction of sp³-hybridized carbons (Fsp3) is 0.0645. The van der Waals surface area contributed by atoms with Gasteiger partial charge in [0.2, 0.25) is 13.1 Å². The van der Waals surface area contributed by atoms with Gasteiger partial charge in [-0.1, -0.05) is 243 Å². The van der Waals surface area contributed by atoms with Crippen molar-refractivity contribution in [2.75, 3.05) is 14.2 Å². The maximum atomic E-state index is 5.31. The Morgan fingerprint density at radius 3 is 0.603 bits per heavy atom. The van der Waals surface area contributed by atoms with E-state index in [0.29, 0.717) is 0 Å². The third-order valence-electron chi connectivity index (χ3n) is 13.2. The highest BCUT2D eigenvalue weighted by atomic mass is 16.5. The number of hydrogen-bond acceptors (Lipinski definition) is 2. The van der Waals surface area contributed by atoms with Crippen LogP contribution in [-0.4, -0.2) is 26.5 Å². The predicted octanol–water partition coefficient (Wildman–Crippen LogP) is 7.11. The molecule has 2 heterocycles. The van der Waals surface area contributed by atoms with E-state index in [4.69, 9.17) is 9.47 Å². The maximum Gasteiger partial charge on any atom is 0.367 e. The highest BCUT2D eigenvalue weighted by Gasteiger charge is 2.32. The molecular formula is C62H58B2N2O2. The molecule has 0 saturated carbocycles. The molecule has 0 amide bonds. The molecule has 0 fully saturated rings. The van der Waals surface area contributed by atoms with Crippen molar-refractivity contribution in [1.82, 2.24) is 0 Å². The molecule has 10 rings (SSSR count). The molecule has 0 unspecified atom stereocenters. The molecule has 0 spiro atoms. The lowest BCUT2D eigenvalue weighted by Gasteiger charge is -2.44. The van der Waals surface area contributed by atoms with Crippen LogP contribution in [0.5, 0.6) is 11.8 Å². The molecule has 0 aliphatic rings. The Labute approximate surface area is 403 Å². The molecule has 334 valence electrons. The van der Waals surface area contributed by atoms with Crippen molar-refractivity contribution < 1.29 is 18.6 Å². The summed E-state index contributed by atoms with van der Waals surface area (Å²) >= 11 is 0. The van der Waals surface area contributed by atoms with Gasteiger partial charge in [0, 0.05) is 12.1 Å². The van der Waals surface area contributed by atoms with Gasteiger partial charge in [0.25, 0.3) is 0 Å². The molecule has 0 saturated heterocycles. The van der Waals surface area contributed by atoms with E-state index in [1.165, 1.54) is 43.7 Å². The number of methoxy groups -OCH3 is 2. The standard InChI is InChI=1S/2C24H20B.C14H18N2O2/c2*1-5-13-21(14-6-1)25(22-15-7-2-8-16-22,23-17-9-3-10-18-23)24-19-11-4-12-20-24;1-17-13-7-3-5-9-15(13)11-12-16-10-6-4-8-14(16)18-2/h2*1-20H;3-10H,11-12H2,1-2H3/q2*-1;+2. The van der Waals surface area contributed by atoms with E-state index in [0.717, 1.165) is 24.8 Å². The summed E-state index contributed by atoms with van der Waals surface area (Å²) in [5, 5.41) is 0. The minimum Gasteiger partial charge on any atom is -0.448 e. The fourth-order valence-corrected chi connectivity index (χ4v) is 10.1. The number of hydrogen-bond donors (Lipinski definition) is 0. The quantitative estimate of drug-likeness (QED) is 0.0913. The minimum absolute atomic E-state index is 0.828. The largest absolute Gasteiger partial charge is 0.448 e. The second-order valence-electron chi connectivity index (χ2n) is 16.9. The highest BCUT2D eigenvalue weighted by Crippen LogP contribution is 2.11. The lowest BCUT2D eigenvalue weighted by molar-refractivity contribution is -0.781. The van der Waals surface area contributed by atoms with Gasteiger partial charge in [-0.3, -0.25) is 0 Å². The molecule has 2 aromatic heterocycles. The molecule has 4 nitrogen and oxygen atoms in total. The van der Waals surface area contributed by atoms with Gasteiger partial charge in [-0.15, -0.1) is 0 Å². The van der Waals surface area contributed by atoms with Crippen LogP contribution in [0.25, 0.3) is 0 Å².